The number of aromatic carboxylic acids is 1. The molecule has 116 valence electrons. The van der Waals surface area contributed by atoms with Crippen molar-refractivity contribution < 1.29 is 31.9 Å². The number of hydrogen-bond donors (Lipinski definition) is 3. The molecular weight excluding hydrogens is 310 g/mol. The molecule has 0 aliphatic carbocycles. The third kappa shape index (κ3) is 3.73. The van der Waals surface area contributed by atoms with E-state index in [0.717, 1.165) is 0 Å². The first-order valence-corrected chi connectivity index (χ1v) is 7.04. The summed E-state index contributed by atoms with van der Waals surface area (Å²) in [6.45, 7) is 1.19. The SMILES string of the molecule is CNC(=O)C(C)NS(=O)(=O)c1cc(C(=O)O)cc(F)c1F. The van der Waals surface area contributed by atoms with Crippen LogP contribution >= 0.6 is 0 Å². The van der Waals surface area contributed by atoms with Crippen molar-refractivity contribution in [3.05, 3.63) is 29.3 Å². The van der Waals surface area contributed by atoms with Crippen molar-refractivity contribution in [1.82, 2.24) is 10.0 Å². The van der Waals surface area contributed by atoms with E-state index < -0.39 is 50.0 Å². The molecule has 1 rings (SSSR count). The van der Waals surface area contributed by atoms with Crippen molar-refractivity contribution in [2.24, 2.45) is 0 Å². The fourth-order valence-corrected chi connectivity index (χ4v) is 2.76. The highest BCUT2D eigenvalue weighted by Gasteiger charge is 2.27. The molecule has 0 aromatic heterocycles. The molecule has 0 heterocycles. The molecule has 21 heavy (non-hydrogen) atoms. The molecule has 0 aliphatic rings. The molecule has 1 aromatic carbocycles. The van der Waals surface area contributed by atoms with Crippen molar-refractivity contribution in [3.63, 3.8) is 0 Å². The maximum atomic E-state index is 13.6. The summed E-state index contributed by atoms with van der Waals surface area (Å²) in [5, 5.41) is 10.9. The summed E-state index contributed by atoms with van der Waals surface area (Å²) in [5.74, 6) is -5.67. The number of hydrogen-bond acceptors (Lipinski definition) is 4. The number of carboxylic acid groups (broad SMARTS) is 1. The highest BCUT2D eigenvalue weighted by atomic mass is 32.2. The number of rotatable bonds is 5. The number of carbonyl (C=O) groups is 2. The summed E-state index contributed by atoms with van der Waals surface area (Å²) < 4.78 is 52.5. The zero-order valence-electron chi connectivity index (χ0n) is 11.0. The molecular formula is C11H12F2N2O5S. The molecule has 1 amide bonds. The van der Waals surface area contributed by atoms with Gasteiger partial charge in [-0.1, -0.05) is 0 Å². The lowest BCUT2D eigenvalue weighted by Gasteiger charge is -2.13. The lowest BCUT2D eigenvalue weighted by atomic mass is 10.2. The molecule has 0 saturated heterocycles. The fourth-order valence-electron chi connectivity index (χ4n) is 1.45. The molecule has 1 aromatic rings. The minimum atomic E-state index is -4.61. The van der Waals surface area contributed by atoms with Crippen LogP contribution < -0.4 is 10.0 Å². The Labute approximate surface area is 119 Å². The van der Waals surface area contributed by atoms with E-state index in [2.05, 4.69) is 5.32 Å². The van der Waals surface area contributed by atoms with Gasteiger partial charge in [-0.3, -0.25) is 4.79 Å². The van der Waals surface area contributed by atoms with Crippen molar-refractivity contribution >= 4 is 21.9 Å². The third-order valence-corrected chi connectivity index (χ3v) is 4.04. The van der Waals surface area contributed by atoms with E-state index in [1.807, 2.05) is 4.72 Å². The number of sulfonamides is 1. The summed E-state index contributed by atoms with van der Waals surface area (Å²) in [6.07, 6.45) is 0. The molecule has 0 saturated carbocycles. The van der Waals surface area contributed by atoms with Crippen LogP contribution in [0.2, 0.25) is 0 Å². The van der Waals surface area contributed by atoms with Crippen LogP contribution in [0.15, 0.2) is 17.0 Å². The van der Waals surface area contributed by atoms with E-state index >= 15 is 0 Å². The molecule has 1 unspecified atom stereocenters. The number of amides is 1. The van der Waals surface area contributed by atoms with Gasteiger partial charge in [0.05, 0.1) is 11.6 Å². The number of carboxylic acids is 1. The van der Waals surface area contributed by atoms with Gasteiger partial charge in [-0.2, -0.15) is 4.72 Å². The number of benzene rings is 1. The molecule has 0 fully saturated rings. The number of nitrogens with one attached hydrogen (secondary N) is 2. The second kappa shape index (κ2) is 6.14. The first-order chi connectivity index (χ1) is 9.60. The predicted octanol–water partition coefficient (Wildman–Crippen LogP) is 0.0758. The Morgan fingerprint density at radius 2 is 1.86 bits per heavy atom. The standard InChI is InChI=1S/C11H12F2N2O5S/c1-5(10(16)14-2)15-21(19,20)8-4-6(11(17)18)3-7(12)9(8)13/h3-5,15H,1-2H3,(H,14,16)(H,17,18). The second-order valence-corrected chi connectivity index (χ2v) is 5.71. The number of likely N-dealkylation sites (N-methyl/N-ethyl adjacent to an activating group) is 1. The maximum Gasteiger partial charge on any atom is 0.335 e. The predicted molar refractivity (Wildman–Crippen MR) is 67.2 cm³/mol. The normalized spacial score (nSPS) is 12.8. The van der Waals surface area contributed by atoms with Crippen LogP contribution in [0.4, 0.5) is 8.78 Å². The monoisotopic (exact) mass is 322 g/mol. The van der Waals surface area contributed by atoms with Crippen molar-refractivity contribution in [2.75, 3.05) is 7.05 Å². The quantitative estimate of drug-likeness (QED) is 0.710. The van der Waals surface area contributed by atoms with E-state index in [1.165, 1.54) is 14.0 Å². The zero-order chi connectivity index (χ0) is 16.4. The fraction of sp³-hybridized carbons (Fsp3) is 0.273. The molecule has 7 nitrogen and oxygen atoms in total. The van der Waals surface area contributed by atoms with E-state index in [9.17, 15) is 26.8 Å². The van der Waals surface area contributed by atoms with E-state index in [1.54, 1.807) is 0 Å². The van der Waals surface area contributed by atoms with Crippen molar-refractivity contribution in [1.29, 1.82) is 0 Å². The summed E-state index contributed by atoms with van der Waals surface area (Å²) in [6, 6.07) is -0.422. The lowest BCUT2D eigenvalue weighted by molar-refractivity contribution is -0.121. The summed E-state index contributed by atoms with van der Waals surface area (Å²) in [4.78, 5) is 20.8. The zero-order valence-corrected chi connectivity index (χ0v) is 11.8. The van der Waals surface area contributed by atoms with Gasteiger partial charge in [-0.05, 0) is 19.1 Å². The average molecular weight is 322 g/mol. The Kier molecular flexibility index (Phi) is 4.97. The molecule has 0 spiro atoms. The molecule has 0 bridgehead atoms. The first kappa shape index (κ1) is 17.0. The van der Waals surface area contributed by atoms with Crippen LogP contribution in [-0.2, 0) is 14.8 Å². The van der Waals surface area contributed by atoms with Gasteiger partial charge >= 0.3 is 5.97 Å². The maximum absolute atomic E-state index is 13.6. The number of carbonyl (C=O) groups excluding carboxylic acids is 1. The highest BCUT2D eigenvalue weighted by Crippen LogP contribution is 2.20. The Hall–Kier alpha value is -2.07. The topological polar surface area (TPSA) is 113 Å². The van der Waals surface area contributed by atoms with E-state index in [4.69, 9.17) is 5.11 Å². The Morgan fingerprint density at radius 3 is 2.33 bits per heavy atom. The van der Waals surface area contributed by atoms with Gasteiger partial charge in [0.25, 0.3) is 0 Å². The van der Waals surface area contributed by atoms with E-state index in [0.29, 0.717) is 12.1 Å². The van der Waals surface area contributed by atoms with Gasteiger partial charge < -0.3 is 10.4 Å². The Bertz CT molecular complexity index is 690. The van der Waals surface area contributed by atoms with Gasteiger partial charge in [-0.15, -0.1) is 0 Å². The Balaban J connectivity index is 3.31. The van der Waals surface area contributed by atoms with Crippen LogP contribution in [-0.4, -0.2) is 38.5 Å². The third-order valence-electron chi connectivity index (χ3n) is 2.50. The minimum absolute atomic E-state index is 0.360. The smallest absolute Gasteiger partial charge is 0.335 e. The highest BCUT2D eigenvalue weighted by molar-refractivity contribution is 7.89. The van der Waals surface area contributed by atoms with E-state index in [-0.39, 0.29) is 0 Å². The molecule has 1 atom stereocenters. The summed E-state index contributed by atoms with van der Waals surface area (Å²) in [5.41, 5.74) is -0.734. The van der Waals surface area contributed by atoms with Gasteiger partial charge in [0, 0.05) is 7.05 Å². The number of halogens is 2. The van der Waals surface area contributed by atoms with Crippen molar-refractivity contribution in [3.8, 4) is 0 Å². The van der Waals surface area contributed by atoms with Crippen LogP contribution in [0.1, 0.15) is 17.3 Å². The van der Waals surface area contributed by atoms with Crippen LogP contribution in [0.5, 0.6) is 0 Å². The summed E-state index contributed by atoms with van der Waals surface area (Å²) >= 11 is 0. The van der Waals surface area contributed by atoms with Gasteiger partial charge in [0.2, 0.25) is 15.9 Å². The Morgan fingerprint density at radius 1 is 1.29 bits per heavy atom. The minimum Gasteiger partial charge on any atom is -0.478 e. The molecule has 0 aliphatic heterocycles. The van der Waals surface area contributed by atoms with Crippen molar-refractivity contribution in [2.45, 2.75) is 17.9 Å². The average Bonchev–Trinajstić information content (AvgIpc) is 2.39. The van der Waals surface area contributed by atoms with Crippen LogP contribution in [0, 0.1) is 11.6 Å². The molecule has 3 N–H and O–H groups in total. The summed E-state index contributed by atoms with van der Waals surface area (Å²) in [7, 11) is -3.35. The van der Waals surface area contributed by atoms with Crippen LogP contribution in [0.3, 0.4) is 0 Å². The lowest BCUT2D eigenvalue weighted by Crippen LogP contribution is -2.43. The van der Waals surface area contributed by atoms with Crippen LogP contribution in [0.25, 0.3) is 0 Å². The first-order valence-electron chi connectivity index (χ1n) is 5.56. The van der Waals surface area contributed by atoms with Gasteiger partial charge in [0.1, 0.15) is 4.90 Å². The molecule has 10 heteroatoms. The largest absolute Gasteiger partial charge is 0.478 e. The van der Waals surface area contributed by atoms with Gasteiger partial charge in [0.15, 0.2) is 11.6 Å². The van der Waals surface area contributed by atoms with Gasteiger partial charge in [-0.25, -0.2) is 22.0 Å². The molecule has 0 radical (unpaired) electrons. The second-order valence-electron chi connectivity index (χ2n) is 4.03.